The van der Waals surface area contributed by atoms with Crippen molar-refractivity contribution in [2.24, 2.45) is 0 Å². The molecule has 2 aromatic carbocycles. The summed E-state index contributed by atoms with van der Waals surface area (Å²) in [5.74, 6) is 1.52. The van der Waals surface area contributed by atoms with Gasteiger partial charge in [0.05, 0.1) is 0 Å². The van der Waals surface area contributed by atoms with Crippen LogP contribution in [0.1, 0.15) is 0 Å². The summed E-state index contributed by atoms with van der Waals surface area (Å²) in [5, 5.41) is 5.57. The third-order valence-corrected chi connectivity index (χ3v) is 6.08. The van der Waals surface area contributed by atoms with Crippen LogP contribution in [-0.2, 0) is 0 Å². The number of nitrogens with zero attached hydrogens (tertiary/aromatic N) is 3. The minimum atomic E-state index is 0.266. The Labute approximate surface area is 163 Å². The van der Waals surface area contributed by atoms with Gasteiger partial charge in [0, 0.05) is 15.6 Å². The average molecular weight is 479 g/mol. The fraction of sp³-hybridized carbons (Fsp3) is 0.0588. The number of halogens is 2. The van der Waals surface area contributed by atoms with Crippen molar-refractivity contribution in [3.8, 4) is 33.3 Å². The maximum atomic E-state index is 5.45. The quantitative estimate of drug-likeness (QED) is 0.388. The summed E-state index contributed by atoms with van der Waals surface area (Å²) >= 11 is 8.62. The Bertz CT molecular complexity index is 1110. The molecule has 0 aliphatic carbocycles. The van der Waals surface area contributed by atoms with Crippen LogP contribution in [0.5, 0.6) is 11.5 Å². The third-order valence-electron chi connectivity index (χ3n) is 3.89. The van der Waals surface area contributed by atoms with E-state index in [1.807, 2.05) is 47.0 Å². The molecule has 0 amide bonds. The third kappa shape index (κ3) is 2.56. The molecule has 0 saturated heterocycles. The van der Waals surface area contributed by atoms with E-state index in [2.05, 4.69) is 31.9 Å². The molecule has 0 unspecified atom stereocenters. The van der Waals surface area contributed by atoms with Gasteiger partial charge in [-0.1, -0.05) is 39.4 Å². The van der Waals surface area contributed by atoms with Gasteiger partial charge in [0.25, 0.3) is 0 Å². The Morgan fingerprint density at radius 2 is 1.72 bits per heavy atom. The van der Waals surface area contributed by atoms with Gasteiger partial charge in [-0.15, -0.1) is 0 Å². The van der Waals surface area contributed by atoms with Crippen LogP contribution in [-0.4, -0.2) is 21.4 Å². The molecule has 0 radical (unpaired) electrons. The van der Waals surface area contributed by atoms with Crippen LogP contribution in [0.3, 0.4) is 0 Å². The molecule has 5 rings (SSSR count). The van der Waals surface area contributed by atoms with Crippen LogP contribution < -0.4 is 9.47 Å². The van der Waals surface area contributed by atoms with Gasteiger partial charge in [-0.25, -0.2) is 4.98 Å². The fourth-order valence-corrected chi connectivity index (χ4v) is 4.50. The summed E-state index contributed by atoms with van der Waals surface area (Å²) in [4.78, 5) is 5.56. The van der Waals surface area contributed by atoms with Gasteiger partial charge in [0.15, 0.2) is 11.5 Å². The predicted molar refractivity (Wildman–Crippen MR) is 103 cm³/mol. The summed E-state index contributed by atoms with van der Waals surface area (Å²) in [6, 6.07) is 13.9. The molecule has 2 aromatic heterocycles. The predicted octanol–water partition coefficient (Wildman–Crippen LogP) is 5.38. The van der Waals surface area contributed by atoms with E-state index >= 15 is 0 Å². The number of rotatable bonds is 2. The van der Waals surface area contributed by atoms with Gasteiger partial charge in [0.2, 0.25) is 11.8 Å². The van der Waals surface area contributed by atoms with Gasteiger partial charge in [0.1, 0.15) is 15.3 Å². The lowest BCUT2D eigenvalue weighted by Gasteiger charge is -2.00. The highest BCUT2D eigenvalue weighted by Gasteiger charge is 2.19. The van der Waals surface area contributed by atoms with Crippen LogP contribution in [0.2, 0.25) is 0 Å². The highest BCUT2D eigenvalue weighted by atomic mass is 79.9. The molecule has 0 fully saturated rings. The number of hydrogen-bond donors (Lipinski definition) is 0. The molecule has 0 N–H and O–H groups in total. The Kier molecular flexibility index (Phi) is 3.58. The van der Waals surface area contributed by atoms with Crippen molar-refractivity contribution in [2.45, 2.75) is 0 Å². The Balaban J connectivity index is 1.58. The molecule has 25 heavy (non-hydrogen) atoms. The van der Waals surface area contributed by atoms with Crippen molar-refractivity contribution >= 4 is 48.2 Å². The molecule has 0 saturated carbocycles. The van der Waals surface area contributed by atoms with Gasteiger partial charge >= 0.3 is 0 Å². The lowest BCUT2D eigenvalue weighted by atomic mass is 10.2. The highest BCUT2D eigenvalue weighted by molar-refractivity contribution is 9.10. The van der Waals surface area contributed by atoms with Crippen molar-refractivity contribution in [1.82, 2.24) is 14.6 Å². The highest BCUT2D eigenvalue weighted by Crippen LogP contribution is 2.38. The van der Waals surface area contributed by atoms with Crippen LogP contribution in [0.25, 0.3) is 26.8 Å². The first kappa shape index (κ1) is 15.4. The minimum Gasteiger partial charge on any atom is -0.454 e. The average Bonchev–Trinajstić information content (AvgIpc) is 3.31. The van der Waals surface area contributed by atoms with Crippen LogP contribution in [0.15, 0.2) is 51.5 Å². The second kappa shape index (κ2) is 5.82. The molecule has 1 aliphatic heterocycles. The summed E-state index contributed by atoms with van der Waals surface area (Å²) in [7, 11) is 0. The Hall–Kier alpha value is -1.90. The fourth-order valence-electron chi connectivity index (χ4n) is 2.66. The van der Waals surface area contributed by atoms with Crippen molar-refractivity contribution in [3.05, 3.63) is 51.5 Å². The summed E-state index contributed by atoms with van der Waals surface area (Å²) in [6.45, 7) is 0.266. The monoisotopic (exact) mass is 477 g/mol. The van der Waals surface area contributed by atoms with E-state index < -0.39 is 0 Å². The zero-order valence-electron chi connectivity index (χ0n) is 12.6. The Morgan fingerprint density at radius 3 is 2.52 bits per heavy atom. The summed E-state index contributed by atoms with van der Waals surface area (Å²) in [6.07, 6.45) is 0. The molecule has 8 heteroatoms. The maximum absolute atomic E-state index is 5.45. The van der Waals surface area contributed by atoms with Gasteiger partial charge in [-0.3, -0.25) is 0 Å². The lowest BCUT2D eigenvalue weighted by Crippen LogP contribution is -1.92. The second-order valence-electron chi connectivity index (χ2n) is 5.43. The smallest absolute Gasteiger partial charge is 0.231 e. The first-order valence-corrected chi connectivity index (χ1v) is 9.80. The van der Waals surface area contributed by atoms with E-state index in [1.165, 1.54) is 11.3 Å². The number of aromatic nitrogens is 3. The van der Waals surface area contributed by atoms with Gasteiger partial charge in [-0.05, 0) is 46.3 Å². The van der Waals surface area contributed by atoms with Gasteiger partial charge < -0.3 is 9.47 Å². The summed E-state index contributed by atoms with van der Waals surface area (Å²) in [5.41, 5.74) is 2.90. The van der Waals surface area contributed by atoms with E-state index in [0.717, 1.165) is 47.4 Å². The van der Waals surface area contributed by atoms with Crippen molar-refractivity contribution in [2.75, 3.05) is 6.79 Å². The van der Waals surface area contributed by atoms with Crippen molar-refractivity contribution in [3.63, 3.8) is 0 Å². The maximum Gasteiger partial charge on any atom is 0.231 e. The zero-order chi connectivity index (χ0) is 17.0. The normalized spacial score (nSPS) is 12.9. The number of imidazole rings is 1. The molecule has 124 valence electrons. The standard InChI is InChI=1S/C17H9Br2N3O2S/c18-11-4-1-9(2-5-11)14-15(19)22-17(20-14)25-16(21-22)10-3-6-12-13(7-10)24-8-23-12/h1-7H,8H2. The Morgan fingerprint density at radius 1 is 0.960 bits per heavy atom. The van der Waals surface area contributed by atoms with Crippen molar-refractivity contribution in [1.29, 1.82) is 0 Å². The summed E-state index contributed by atoms with van der Waals surface area (Å²) < 4.78 is 14.5. The largest absolute Gasteiger partial charge is 0.454 e. The number of hydrogen-bond acceptors (Lipinski definition) is 5. The minimum absolute atomic E-state index is 0.266. The zero-order valence-corrected chi connectivity index (χ0v) is 16.6. The van der Waals surface area contributed by atoms with E-state index in [4.69, 9.17) is 19.6 Å². The molecule has 0 spiro atoms. The molecule has 1 aliphatic rings. The van der Waals surface area contributed by atoms with E-state index in [1.54, 1.807) is 0 Å². The molecular formula is C17H9Br2N3O2S. The van der Waals surface area contributed by atoms with E-state index in [-0.39, 0.29) is 6.79 Å². The van der Waals surface area contributed by atoms with Gasteiger partial charge in [-0.2, -0.15) is 9.61 Å². The van der Waals surface area contributed by atoms with Crippen LogP contribution in [0, 0.1) is 0 Å². The molecule has 4 aromatic rings. The first-order valence-electron chi connectivity index (χ1n) is 7.40. The van der Waals surface area contributed by atoms with E-state index in [9.17, 15) is 0 Å². The lowest BCUT2D eigenvalue weighted by molar-refractivity contribution is 0.174. The topological polar surface area (TPSA) is 48.7 Å². The number of benzene rings is 2. The van der Waals surface area contributed by atoms with Crippen molar-refractivity contribution < 1.29 is 9.47 Å². The first-order chi connectivity index (χ1) is 12.2. The SMILES string of the molecule is Brc1ccc(-c2nc3sc(-c4ccc5c(c4)OCO5)nn3c2Br)cc1. The number of ether oxygens (including phenoxy) is 2. The number of fused-ring (bicyclic) bond motifs is 2. The van der Waals surface area contributed by atoms with Crippen LogP contribution >= 0.6 is 43.2 Å². The molecule has 3 heterocycles. The second-order valence-corrected chi connectivity index (χ2v) is 8.05. The molecule has 5 nitrogen and oxygen atoms in total. The molecule has 0 atom stereocenters. The van der Waals surface area contributed by atoms with E-state index in [0.29, 0.717) is 0 Å². The molecular weight excluding hydrogens is 470 g/mol. The molecule has 0 bridgehead atoms. The van der Waals surface area contributed by atoms with Crippen LogP contribution in [0.4, 0.5) is 0 Å².